The number of rotatable bonds is 5. The Morgan fingerprint density at radius 1 is 1.28 bits per heavy atom. The second-order valence-corrected chi connectivity index (χ2v) is 7.11. The predicted octanol–water partition coefficient (Wildman–Crippen LogP) is 3.79. The number of thioether (sulfide) groups is 1. The first kappa shape index (κ1) is 17.8. The first-order valence-electron chi connectivity index (χ1n) is 8.35. The van der Waals surface area contributed by atoms with Crippen molar-refractivity contribution in [2.75, 3.05) is 19.5 Å². The van der Waals surface area contributed by atoms with Crippen LogP contribution in [0, 0.1) is 20.8 Å². The number of methoxy groups -OCH3 is 1. The molecule has 1 aromatic heterocycles. The van der Waals surface area contributed by atoms with Gasteiger partial charge in [-0.05, 0) is 44.5 Å². The molecule has 0 saturated heterocycles. The third-order valence-electron chi connectivity index (χ3n) is 4.27. The minimum atomic E-state index is 0.711. The van der Waals surface area contributed by atoms with E-state index in [0.717, 1.165) is 28.9 Å². The van der Waals surface area contributed by atoms with E-state index < -0.39 is 0 Å². The number of aliphatic imine (C=N–C) groups is 1. The maximum absolute atomic E-state index is 5.21. The molecule has 0 spiro atoms. The van der Waals surface area contributed by atoms with Gasteiger partial charge in [0.2, 0.25) is 0 Å². The monoisotopic (exact) mass is 356 g/mol. The summed E-state index contributed by atoms with van der Waals surface area (Å²) in [6, 6.07) is 10.4. The largest absolute Gasteiger partial charge is 0.383 e. The van der Waals surface area contributed by atoms with Crippen LogP contribution in [0.15, 0.2) is 40.4 Å². The van der Waals surface area contributed by atoms with E-state index >= 15 is 0 Å². The van der Waals surface area contributed by atoms with E-state index in [1.807, 2.05) is 12.1 Å². The van der Waals surface area contributed by atoms with Gasteiger partial charge in [-0.15, -0.1) is 0 Å². The molecule has 132 valence electrons. The second kappa shape index (κ2) is 7.89. The first-order valence-corrected chi connectivity index (χ1v) is 9.34. The van der Waals surface area contributed by atoms with Crippen LogP contribution < -0.4 is 5.43 Å². The molecule has 1 N–H and O–H groups in total. The third kappa shape index (κ3) is 4.14. The lowest BCUT2D eigenvalue weighted by atomic mass is 10.1. The Hall–Kier alpha value is -2.05. The normalized spacial score (nSPS) is 16.0. The maximum atomic E-state index is 5.21. The highest BCUT2D eigenvalue weighted by atomic mass is 32.2. The summed E-state index contributed by atoms with van der Waals surface area (Å²) in [6.07, 6.45) is 0. The Balaban J connectivity index is 1.77. The van der Waals surface area contributed by atoms with Gasteiger partial charge in [-0.3, -0.25) is 5.43 Å². The summed E-state index contributed by atoms with van der Waals surface area (Å²) in [5, 5.41) is 5.40. The molecule has 25 heavy (non-hydrogen) atoms. The predicted molar refractivity (Wildman–Crippen MR) is 106 cm³/mol. The summed E-state index contributed by atoms with van der Waals surface area (Å²) >= 11 is 1.68. The molecule has 0 amide bonds. The van der Waals surface area contributed by atoms with Gasteiger partial charge in [-0.1, -0.05) is 23.9 Å². The SMILES string of the molecule is COCCn1c(C)cc(C2=NNC(=Nc3cccc(C)c3)SC2)c1C. The number of hydrogen-bond donors (Lipinski definition) is 1. The second-order valence-electron chi connectivity index (χ2n) is 6.14. The molecule has 0 aliphatic carbocycles. The lowest BCUT2D eigenvalue weighted by molar-refractivity contribution is 0.186. The van der Waals surface area contributed by atoms with E-state index in [1.54, 1.807) is 18.9 Å². The molecular formula is C19H24N4OS. The van der Waals surface area contributed by atoms with Crippen LogP contribution in [0.3, 0.4) is 0 Å². The molecule has 1 aliphatic rings. The van der Waals surface area contributed by atoms with Gasteiger partial charge in [-0.2, -0.15) is 5.10 Å². The minimum absolute atomic E-state index is 0.711. The molecule has 2 aromatic rings. The number of nitrogens with one attached hydrogen (secondary N) is 1. The molecule has 3 rings (SSSR count). The van der Waals surface area contributed by atoms with Gasteiger partial charge >= 0.3 is 0 Å². The fraction of sp³-hybridized carbons (Fsp3) is 0.368. The van der Waals surface area contributed by atoms with E-state index in [2.05, 4.69) is 59.1 Å². The van der Waals surface area contributed by atoms with Gasteiger partial charge in [0, 0.05) is 36.4 Å². The van der Waals surface area contributed by atoms with E-state index in [0.29, 0.717) is 6.61 Å². The number of aryl methyl sites for hydroxylation is 2. The van der Waals surface area contributed by atoms with Gasteiger partial charge in [0.05, 0.1) is 18.0 Å². The van der Waals surface area contributed by atoms with Crippen molar-refractivity contribution in [3.63, 3.8) is 0 Å². The fourth-order valence-electron chi connectivity index (χ4n) is 2.95. The third-order valence-corrected chi connectivity index (χ3v) is 5.14. The highest BCUT2D eigenvalue weighted by Crippen LogP contribution is 2.22. The summed E-state index contributed by atoms with van der Waals surface area (Å²) in [5.41, 5.74) is 9.98. The number of aromatic nitrogens is 1. The molecule has 0 unspecified atom stereocenters. The zero-order valence-corrected chi connectivity index (χ0v) is 16.0. The van der Waals surface area contributed by atoms with Crippen LogP contribution in [0.2, 0.25) is 0 Å². The molecule has 0 bridgehead atoms. The van der Waals surface area contributed by atoms with Gasteiger partial charge in [0.1, 0.15) is 0 Å². The summed E-state index contributed by atoms with van der Waals surface area (Å²) in [4.78, 5) is 4.63. The van der Waals surface area contributed by atoms with Crippen LogP contribution >= 0.6 is 11.8 Å². The van der Waals surface area contributed by atoms with Crippen molar-refractivity contribution in [1.29, 1.82) is 0 Å². The summed E-state index contributed by atoms with van der Waals surface area (Å²) < 4.78 is 7.49. The van der Waals surface area contributed by atoms with E-state index in [4.69, 9.17) is 4.74 Å². The smallest absolute Gasteiger partial charge is 0.182 e. The molecular weight excluding hydrogens is 332 g/mol. The molecule has 5 nitrogen and oxygen atoms in total. The van der Waals surface area contributed by atoms with E-state index in [1.165, 1.54) is 22.5 Å². The molecule has 0 atom stereocenters. The minimum Gasteiger partial charge on any atom is -0.383 e. The Bertz CT molecular complexity index is 823. The Morgan fingerprint density at radius 3 is 2.80 bits per heavy atom. The lowest BCUT2D eigenvalue weighted by Gasteiger charge is -2.15. The van der Waals surface area contributed by atoms with Crippen molar-refractivity contribution in [3.8, 4) is 0 Å². The van der Waals surface area contributed by atoms with E-state index in [9.17, 15) is 0 Å². The molecule has 1 aromatic carbocycles. The average Bonchev–Trinajstić information content (AvgIpc) is 2.88. The van der Waals surface area contributed by atoms with Crippen LogP contribution in [0.5, 0.6) is 0 Å². The van der Waals surface area contributed by atoms with Crippen LogP contribution in [-0.2, 0) is 11.3 Å². The summed E-state index contributed by atoms with van der Waals surface area (Å²) in [6.45, 7) is 7.91. The number of benzene rings is 1. The zero-order valence-electron chi connectivity index (χ0n) is 15.2. The molecule has 0 fully saturated rings. The topological polar surface area (TPSA) is 50.9 Å². The standard InChI is InChI=1S/C19H24N4OS/c1-13-6-5-7-16(10-13)20-19-22-21-18(12-25-19)17-11-14(2)23(15(17)3)8-9-24-4/h5-7,10-11H,8-9,12H2,1-4H3,(H,20,22). The van der Waals surface area contributed by atoms with Crippen LogP contribution in [0.4, 0.5) is 5.69 Å². The molecule has 0 radical (unpaired) electrons. The molecule has 6 heteroatoms. The van der Waals surface area contributed by atoms with Gasteiger partial charge in [-0.25, -0.2) is 4.99 Å². The van der Waals surface area contributed by atoms with Crippen molar-refractivity contribution >= 4 is 28.3 Å². The molecule has 2 heterocycles. The van der Waals surface area contributed by atoms with Gasteiger partial charge in [0.15, 0.2) is 5.17 Å². The van der Waals surface area contributed by atoms with Crippen LogP contribution in [0.1, 0.15) is 22.5 Å². The van der Waals surface area contributed by atoms with Gasteiger partial charge < -0.3 is 9.30 Å². The zero-order chi connectivity index (χ0) is 17.8. The van der Waals surface area contributed by atoms with Crippen molar-refractivity contribution in [2.45, 2.75) is 27.3 Å². The Morgan fingerprint density at radius 2 is 2.12 bits per heavy atom. The van der Waals surface area contributed by atoms with Crippen molar-refractivity contribution in [3.05, 3.63) is 52.8 Å². The summed E-state index contributed by atoms with van der Waals surface area (Å²) in [5.74, 6) is 0.812. The molecule has 1 aliphatic heterocycles. The summed E-state index contributed by atoms with van der Waals surface area (Å²) in [7, 11) is 1.73. The fourth-order valence-corrected chi connectivity index (χ4v) is 3.72. The lowest BCUT2D eigenvalue weighted by Crippen LogP contribution is -2.25. The number of hydrogen-bond acceptors (Lipinski definition) is 4. The highest BCUT2D eigenvalue weighted by molar-refractivity contribution is 8.14. The van der Waals surface area contributed by atoms with E-state index in [-0.39, 0.29) is 0 Å². The van der Waals surface area contributed by atoms with Crippen LogP contribution in [-0.4, -0.2) is 34.9 Å². The number of amidine groups is 1. The number of ether oxygens (including phenoxy) is 1. The highest BCUT2D eigenvalue weighted by Gasteiger charge is 2.18. The van der Waals surface area contributed by atoms with Crippen molar-refractivity contribution in [2.24, 2.45) is 10.1 Å². The first-order chi connectivity index (χ1) is 12.1. The maximum Gasteiger partial charge on any atom is 0.182 e. The number of nitrogens with zero attached hydrogens (tertiary/aromatic N) is 3. The van der Waals surface area contributed by atoms with Crippen molar-refractivity contribution in [1.82, 2.24) is 9.99 Å². The Labute approximate surface area is 153 Å². The average molecular weight is 356 g/mol. The van der Waals surface area contributed by atoms with Gasteiger partial charge in [0.25, 0.3) is 0 Å². The van der Waals surface area contributed by atoms with Crippen LogP contribution in [0.25, 0.3) is 0 Å². The van der Waals surface area contributed by atoms with Crippen molar-refractivity contribution < 1.29 is 4.74 Å². The number of hydrazone groups is 1. The quantitative estimate of drug-likeness (QED) is 0.887. The Kier molecular flexibility index (Phi) is 5.60. The molecule has 0 saturated carbocycles.